The molecule has 7 aromatic rings. The first-order valence-corrected chi connectivity index (χ1v) is 52.9. The van der Waals surface area contributed by atoms with Crippen LogP contribution in [0.3, 0.4) is 0 Å². The third kappa shape index (κ3) is 67.6. The number of benzene rings is 7. The summed E-state index contributed by atoms with van der Waals surface area (Å²) < 4.78 is 145. The maximum atomic E-state index is 13.7. The Labute approximate surface area is 828 Å². The fourth-order valence-electron chi connectivity index (χ4n) is 10.0. The average molecular weight is 2250 g/mol. The molecule has 0 radical (unpaired) electrons. The molecule has 37 heteroatoms. The molecule has 0 heterocycles. The van der Waals surface area contributed by atoms with Crippen LogP contribution in [0.25, 0.3) is 12.2 Å². The number of allylic oxidation sites excluding steroid dienone is 1. The monoisotopic (exact) mass is 2250 g/mol. The summed E-state index contributed by atoms with van der Waals surface area (Å²) in [6, 6.07) is 25.5. The van der Waals surface area contributed by atoms with E-state index < -0.39 is 46.6 Å². The summed E-state index contributed by atoms with van der Waals surface area (Å²) in [5.74, 6) is -3.33. The number of alkyl halides is 2. The van der Waals surface area contributed by atoms with Gasteiger partial charge in [-0.3, -0.25) is 19.2 Å². The molecular weight excluding hydrogens is 2130 g/mol. The van der Waals surface area contributed by atoms with Gasteiger partial charge >= 0.3 is 76.6 Å². The molecular formula is C93H123BBr4Cl6F7O18Ti-. The van der Waals surface area contributed by atoms with Crippen molar-refractivity contribution in [2.45, 2.75) is 184 Å². The fourth-order valence-corrected chi connectivity index (χ4v) is 10.0. The predicted octanol–water partition coefficient (Wildman–Crippen LogP) is 25.0. The number of hydrogen-bond acceptors (Lipinski definition) is 18. The van der Waals surface area contributed by atoms with Crippen molar-refractivity contribution in [3.63, 3.8) is 0 Å². The number of ether oxygens (including phenoxy) is 11. The van der Waals surface area contributed by atoms with E-state index in [2.05, 4.69) is 95.8 Å². The minimum absolute atomic E-state index is 0. The predicted molar refractivity (Wildman–Crippen MR) is 518 cm³/mol. The van der Waals surface area contributed by atoms with E-state index in [0.717, 1.165) is 115 Å². The second kappa shape index (κ2) is 84.2. The van der Waals surface area contributed by atoms with Crippen LogP contribution in [0, 0.1) is 40.7 Å². The van der Waals surface area contributed by atoms with E-state index in [1.807, 2.05) is 39.8 Å². The third-order valence-electron chi connectivity index (χ3n) is 15.5. The Morgan fingerprint density at radius 1 is 0.423 bits per heavy atom. The second-order valence-electron chi connectivity index (χ2n) is 25.5. The summed E-state index contributed by atoms with van der Waals surface area (Å²) in [7, 11) is 30.1. The van der Waals surface area contributed by atoms with Gasteiger partial charge in [0.25, 0.3) is 0 Å². The van der Waals surface area contributed by atoms with E-state index in [0.29, 0.717) is 74.3 Å². The van der Waals surface area contributed by atoms with Crippen LogP contribution in [0.1, 0.15) is 205 Å². The van der Waals surface area contributed by atoms with E-state index in [-0.39, 0.29) is 103 Å². The van der Waals surface area contributed by atoms with Gasteiger partial charge in [0.15, 0.2) is 81.0 Å². The van der Waals surface area contributed by atoms with Crippen LogP contribution in [-0.2, 0) is 100 Å². The summed E-state index contributed by atoms with van der Waals surface area (Å²) in [6.45, 7) is 28.0. The van der Waals surface area contributed by atoms with Crippen LogP contribution in [0.2, 0.25) is 0 Å². The maximum absolute atomic E-state index is 13.7. The zero-order valence-electron chi connectivity index (χ0n) is 77.0. The molecule has 7 rings (SSSR count). The van der Waals surface area contributed by atoms with Crippen molar-refractivity contribution in [3.8, 4) is 40.2 Å². The summed E-state index contributed by atoms with van der Waals surface area (Å²) >= 11 is 16.2. The van der Waals surface area contributed by atoms with Crippen molar-refractivity contribution in [3.05, 3.63) is 230 Å². The molecule has 0 unspecified atom stereocenters. The van der Waals surface area contributed by atoms with Gasteiger partial charge in [-0.25, -0.2) is 40.3 Å². The van der Waals surface area contributed by atoms with E-state index in [1.54, 1.807) is 76.2 Å². The Bertz CT molecular complexity index is 4370. The molecule has 0 aromatic heterocycles. The molecule has 18 nitrogen and oxygen atoms in total. The van der Waals surface area contributed by atoms with Crippen molar-refractivity contribution in [1.82, 2.24) is 0 Å². The van der Waals surface area contributed by atoms with Crippen molar-refractivity contribution in [2.75, 3.05) is 76.2 Å². The minimum atomic E-state index is -3.11. The van der Waals surface area contributed by atoms with Crippen molar-refractivity contribution >= 4 is 159 Å². The fraction of sp³-hybridized carbons (Fsp3) is 0.419. The van der Waals surface area contributed by atoms with Gasteiger partial charge < -0.3 is 74.2 Å². The van der Waals surface area contributed by atoms with Gasteiger partial charge in [0, 0.05) is 43.2 Å². The molecule has 0 spiro atoms. The average Bonchev–Trinajstić information content (AvgIpc) is 0.849. The standard InChI is InChI=1S/C15H21FO3.C15H19FO3.C14H19FO3.C11H13FO2.C10H13FO.C10H11FO.C8H7FO2.C5H8O2.C3H8.C2H4Cl2O.BBr3.BrH.4ClH.Ti/c2*1-4-6-11-10-14(18-3)13(16)9-12(11)7-8-15(17)19-5-2;1-3-5-10-9-13(16)12(15)8-11(10)6-7-14(17)18-4-2;1-3-4-8-6-11(14-2)10(12)5-9(8)7-13;2*1-3-4-8-5-6-9(11)10(7-8)12-2;1-11-8-4-6(5-10)2-3-7(8)9;1-3-5(6)7-4-2;1-3-2;1-5-2(3)4;2-1(3)4;;;;;;/h9-10H,4-8H2,1-3H3;7-10H,4-6H2,1-3H3;8-9,16H,3-7H2,1-2H3;5-7H,3-4H2,1-2H3;5-7H,3-4H2,1-2H3;3-7H,1-2H3;2-5H,1H3;3H,1,4H2,2H3;3H2,1-2H3;2H,1H3;;5*1H;/q;;;;;;;;;;;;;;;;+4/p-5/b;8-7+;;;;4-3+;;;;;;;;;;;. The van der Waals surface area contributed by atoms with Gasteiger partial charge in [-0.15, -0.1) is 47.3 Å². The van der Waals surface area contributed by atoms with Crippen LogP contribution >= 0.6 is 108 Å². The number of phenols is 1. The number of aryl methyl sites for hydroxylation is 7. The summed E-state index contributed by atoms with van der Waals surface area (Å²) in [5, 5.41) is 8.67. The number of phenolic OH excluding ortho intramolecular Hbond substituents is 1. The molecule has 0 aliphatic heterocycles. The zero-order valence-corrected chi connectivity index (χ0v) is 89.4. The number of rotatable bonds is 33. The van der Waals surface area contributed by atoms with Gasteiger partial charge in [0.1, 0.15) is 12.6 Å². The molecule has 0 atom stereocenters. The third-order valence-corrected chi connectivity index (χ3v) is 15.9. The molecule has 130 heavy (non-hydrogen) atoms. The number of aromatic hydroxyl groups is 1. The van der Waals surface area contributed by atoms with Crippen molar-refractivity contribution < 1.29 is 146 Å². The molecule has 0 aliphatic carbocycles. The number of methoxy groups -OCH3 is 7. The summed E-state index contributed by atoms with van der Waals surface area (Å²) in [5.41, 5.74) is 8.87. The van der Waals surface area contributed by atoms with Gasteiger partial charge in [-0.05, 0) is 227 Å². The zero-order chi connectivity index (χ0) is 99.6. The van der Waals surface area contributed by atoms with Crippen LogP contribution in [0.15, 0.2) is 128 Å². The van der Waals surface area contributed by atoms with Crippen molar-refractivity contribution in [2.24, 2.45) is 0 Å². The Morgan fingerprint density at radius 2 is 0.738 bits per heavy atom. The first kappa shape index (κ1) is 134. The van der Waals surface area contributed by atoms with Crippen LogP contribution in [0.4, 0.5) is 30.7 Å². The van der Waals surface area contributed by atoms with Crippen molar-refractivity contribution in [1.29, 1.82) is 0 Å². The van der Waals surface area contributed by atoms with Crippen LogP contribution < -0.4 is 45.4 Å². The Kier molecular flexibility index (Phi) is 87.0. The van der Waals surface area contributed by atoms with E-state index in [9.17, 15) is 64.6 Å². The van der Waals surface area contributed by atoms with Crippen LogP contribution in [-0.4, -0.2) is 126 Å². The molecule has 1 N–H and O–H groups in total. The first-order valence-electron chi connectivity index (χ1n) is 40.6. The van der Waals surface area contributed by atoms with Gasteiger partial charge in [0.2, 0.25) is 5.02 Å². The number of carbonyl (C=O) groups is 6. The summed E-state index contributed by atoms with van der Waals surface area (Å²) in [4.78, 5) is 64.8. The molecule has 730 valence electrons. The molecule has 0 aliphatic rings. The Morgan fingerprint density at radius 3 is 1.09 bits per heavy atom. The second-order valence-corrected chi connectivity index (χ2v) is 48.4. The number of carbonyl (C=O) groups excluding carboxylic acids is 6. The number of hydrogen-bond donors (Lipinski definition) is 1. The first-order chi connectivity index (χ1) is 61.1. The number of esters is 4. The Hall–Kier alpha value is -6.51. The summed E-state index contributed by atoms with van der Waals surface area (Å²) in [6.07, 6.45) is 20.7. The molecule has 0 saturated heterocycles. The van der Waals surface area contributed by atoms with E-state index in [4.69, 9.17) is 98.3 Å². The normalized spacial score (nSPS) is 9.85. The number of aldehydes is 2. The van der Waals surface area contributed by atoms with Gasteiger partial charge in [-0.2, -0.15) is 0 Å². The van der Waals surface area contributed by atoms with E-state index in [1.165, 1.54) is 123 Å². The Balaban J connectivity index is -0.000000332. The molecule has 0 bridgehead atoms. The van der Waals surface area contributed by atoms with E-state index >= 15 is 0 Å². The SMILES string of the molecule is BrB(Br)Br.C/C=C/c1ccc(F)c(OC)c1.C=CC(=O)OCC.CCC.CCCc1cc(O)c(F)cc1CCC(=O)OCC.CCCc1cc(OC)c(F)cc1/C=C/C(=O)OCC.CCCc1cc(OC)c(F)cc1C=O.CCCc1cc(OC)c(F)cc1CCC(=O)OCC.CCCc1ccc(F)c(OC)c1.COC(Cl)Cl.COc1cc(C=O)ccc1F.[Br-].[Cl][Ti]([Cl])([Cl])[Cl]. The molecule has 0 fully saturated rings. The van der Waals surface area contributed by atoms with Gasteiger partial charge in [0.05, 0.1) is 69.1 Å². The van der Waals surface area contributed by atoms with Gasteiger partial charge in [-0.1, -0.05) is 141 Å². The molecule has 0 saturated carbocycles. The number of halogens is 17. The topological polar surface area (TPSA) is 224 Å². The van der Waals surface area contributed by atoms with Crippen LogP contribution in [0.5, 0.6) is 40.2 Å². The molecule has 0 amide bonds. The quantitative estimate of drug-likeness (QED) is 0.00768. The molecule has 7 aromatic carbocycles.